The predicted octanol–water partition coefficient (Wildman–Crippen LogP) is -3.34. The molecule has 0 aromatic carbocycles. The molecule has 0 spiro atoms. The highest BCUT2D eigenvalue weighted by atomic mass is 16.7. The van der Waals surface area contributed by atoms with Crippen molar-refractivity contribution in [1.29, 1.82) is 0 Å². The molecule has 8 rings (SSSR count). The predicted molar refractivity (Wildman–Crippen MR) is 334 cm³/mol. The van der Waals surface area contributed by atoms with Crippen molar-refractivity contribution in [1.82, 2.24) is 0 Å². The van der Waals surface area contributed by atoms with Gasteiger partial charge in [0.2, 0.25) is 0 Å². The molecule has 35 atom stereocenters. The van der Waals surface area contributed by atoms with Gasteiger partial charge in [-0.2, -0.15) is 0 Å². The number of rotatable bonds is 25. The van der Waals surface area contributed by atoms with E-state index >= 15 is 0 Å². The molecule has 4 aliphatic carbocycles. The van der Waals surface area contributed by atoms with Crippen LogP contribution >= 0.6 is 0 Å². The molecule has 4 heterocycles. The highest BCUT2D eigenvalue weighted by molar-refractivity contribution is 5.29. The Labute approximate surface area is 557 Å². The maximum Gasteiger partial charge on any atom is 0.195 e. The first-order valence-corrected chi connectivity index (χ1v) is 34.3. The largest absolute Gasteiger partial charge is 0.394 e. The highest BCUT2D eigenvalue weighted by Crippen LogP contribution is 2.64. The molecule has 28 nitrogen and oxygen atoms in total. The number of fused-ring (bicyclic) bond motifs is 3. The van der Waals surface area contributed by atoms with Crippen LogP contribution in [0.25, 0.3) is 0 Å². The molecule has 0 bridgehead atoms. The summed E-state index contributed by atoms with van der Waals surface area (Å²) in [5, 5.41) is 207. The fraction of sp³-hybridized carbons (Fsp3) is 0.970. The summed E-state index contributed by atoms with van der Waals surface area (Å²) in [5.74, 6) is -2.31. The Morgan fingerprint density at radius 3 is 1.64 bits per heavy atom. The van der Waals surface area contributed by atoms with Gasteiger partial charge in [0.25, 0.3) is 0 Å². The van der Waals surface area contributed by atoms with Crippen molar-refractivity contribution in [3.05, 3.63) is 11.6 Å². The summed E-state index contributed by atoms with van der Waals surface area (Å²) in [6, 6.07) is 0. The van der Waals surface area contributed by atoms with Gasteiger partial charge in [-0.05, 0) is 115 Å². The van der Waals surface area contributed by atoms with Crippen LogP contribution in [0.3, 0.4) is 0 Å². The van der Waals surface area contributed by atoms with Gasteiger partial charge in [0.05, 0.1) is 95.6 Å². The number of aliphatic hydroxyl groups is 19. The van der Waals surface area contributed by atoms with Crippen molar-refractivity contribution in [2.24, 2.45) is 57.7 Å². The third kappa shape index (κ3) is 15.5. The third-order valence-electron chi connectivity index (χ3n) is 24.5. The summed E-state index contributed by atoms with van der Waals surface area (Å²) in [6.07, 6.45) is -27.0. The minimum atomic E-state index is -2.22. The Hall–Kier alpha value is -1.38. The fourth-order valence-corrected chi connectivity index (χ4v) is 17.7. The van der Waals surface area contributed by atoms with Gasteiger partial charge in [0, 0.05) is 22.2 Å². The van der Waals surface area contributed by atoms with E-state index in [1.165, 1.54) is 26.3 Å². The first kappa shape index (κ1) is 79.3. The molecule has 19 N–H and O–H groups in total. The molecule has 7 fully saturated rings. The van der Waals surface area contributed by atoms with Crippen LogP contribution in [0.15, 0.2) is 11.6 Å². The van der Waals surface area contributed by atoms with E-state index in [4.69, 9.17) is 42.6 Å². The van der Waals surface area contributed by atoms with E-state index < -0.39 is 219 Å². The van der Waals surface area contributed by atoms with Crippen LogP contribution in [0.2, 0.25) is 0 Å². The van der Waals surface area contributed by atoms with Gasteiger partial charge in [-0.25, -0.2) is 0 Å². The Balaban J connectivity index is 0.903. The molecule has 554 valence electrons. The lowest BCUT2D eigenvalue weighted by Gasteiger charge is -2.62. The van der Waals surface area contributed by atoms with Crippen molar-refractivity contribution < 1.29 is 140 Å². The van der Waals surface area contributed by atoms with Crippen molar-refractivity contribution in [3.63, 3.8) is 0 Å². The fourth-order valence-electron chi connectivity index (χ4n) is 17.7. The zero-order chi connectivity index (χ0) is 70.8. The van der Waals surface area contributed by atoms with Crippen molar-refractivity contribution in [3.8, 4) is 0 Å². The van der Waals surface area contributed by atoms with Crippen LogP contribution in [-0.2, 0) is 42.6 Å². The number of hydrogen-bond donors (Lipinski definition) is 19. The average molecular weight is 1370 g/mol. The summed E-state index contributed by atoms with van der Waals surface area (Å²) in [6.45, 7) is 18.5. The maximum absolute atomic E-state index is 12.6. The summed E-state index contributed by atoms with van der Waals surface area (Å²) >= 11 is 0. The molecule has 4 saturated heterocycles. The monoisotopic (exact) mass is 1370 g/mol. The SMILES string of the molecule is CC(CCC(OC[C@H]1OC(COC[C@@]2(C)OC(CO)[C@H](O)C(O)[C@H]2O)[C@H](O)C(O)[C@H]1O[C@@]1(C)OC(CO)[C@H](O)C(O)[C@H]1O)C(C)(C)O)[C@H](C)C1CC(O)[C@]2(C)C3CCC(OC[C@]4(C)CC(COC[C@]5(C)OC(CO)[C@@H](O)[C@@H](O)C5O)[C@@H](O)[C@@H](O)C4O)C(C)(C)C3=CCC2[C@H]1C. The normalized spacial score (nSPS) is 49.8. The average Bonchev–Trinajstić information content (AvgIpc) is 0.711. The molecular formula is C67H118O28. The molecule has 28 heteroatoms. The zero-order valence-corrected chi connectivity index (χ0v) is 57.4. The van der Waals surface area contributed by atoms with E-state index in [0.717, 1.165) is 12.8 Å². The van der Waals surface area contributed by atoms with Crippen LogP contribution in [0.5, 0.6) is 0 Å². The molecule has 17 unspecified atom stereocenters. The molecule has 95 heavy (non-hydrogen) atoms. The maximum atomic E-state index is 12.6. The molecule has 0 aromatic heterocycles. The Bertz CT molecular complexity index is 2490. The van der Waals surface area contributed by atoms with Gasteiger partial charge >= 0.3 is 0 Å². The first-order chi connectivity index (χ1) is 44.1. The van der Waals surface area contributed by atoms with Crippen molar-refractivity contribution in [2.75, 3.05) is 59.5 Å². The van der Waals surface area contributed by atoms with Gasteiger partial charge in [-0.3, -0.25) is 0 Å². The molecule has 8 aliphatic rings. The molecular weight excluding hydrogens is 1250 g/mol. The third-order valence-corrected chi connectivity index (χ3v) is 24.5. The lowest BCUT2D eigenvalue weighted by atomic mass is 9.44. The quantitative estimate of drug-likeness (QED) is 0.0397. The lowest BCUT2D eigenvalue weighted by molar-refractivity contribution is -0.391. The smallest absolute Gasteiger partial charge is 0.195 e. The summed E-state index contributed by atoms with van der Waals surface area (Å²) in [7, 11) is 0. The summed E-state index contributed by atoms with van der Waals surface area (Å²) < 4.78 is 55.1. The van der Waals surface area contributed by atoms with Crippen LogP contribution < -0.4 is 0 Å². The number of ether oxygens (including phenoxy) is 9. The zero-order valence-electron chi connectivity index (χ0n) is 57.4. The lowest BCUT2D eigenvalue weighted by Crippen LogP contribution is -2.69. The Kier molecular flexibility index (Phi) is 25.5. The number of aliphatic hydroxyl groups excluding tert-OH is 18. The second kappa shape index (κ2) is 30.5. The van der Waals surface area contributed by atoms with Crippen LogP contribution in [0.4, 0.5) is 0 Å². The molecule has 3 saturated carbocycles. The van der Waals surface area contributed by atoms with E-state index in [1.54, 1.807) is 20.8 Å². The van der Waals surface area contributed by atoms with Crippen LogP contribution in [0.1, 0.15) is 128 Å². The van der Waals surface area contributed by atoms with Gasteiger partial charge in [0.1, 0.15) is 121 Å². The minimum Gasteiger partial charge on any atom is -0.394 e. The van der Waals surface area contributed by atoms with E-state index in [9.17, 15) is 97.0 Å². The number of allylic oxidation sites excluding steroid dienone is 1. The first-order valence-electron chi connectivity index (χ1n) is 34.3. The van der Waals surface area contributed by atoms with Crippen LogP contribution in [0, 0.1) is 57.7 Å². The minimum absolute atomic E-state index is 0.0391. The summed E-state index contributed by atoms with van der Waals surface area (Å²) in [5.41, 5.74) is -5.45. The second-order valence-corrected chi connectivity index (χ2v) is 32.0. The number of hydrogen-bond acceptors (Lipinski definition) is 28. The Morgan fingerprint density at radius 1 is 0.579 bits per heavy atom. The Morgan fingerprint density at radius 2 is 1.09 bits per heavy atom. The topological polar surface area (TPSA) is 467 Å². The second-order valence-electron chi connectivity index (χ2n) is 32.0. The van der Waals surface area contributed by atoms with E-state index in [0.29, 0.717) is 25.7 Å². The van der Waals surface area contributed by atoms with Gasteiger partial charge in [0.15, 0.2) is 5.79 Å². The van der Waals surface area contributed by atoms with Crippen molar-refractivity contribution in [2.45, 2.75) is 291 Å². The van der Waals surface area contributed by atoms with Crippen molar-refractivity contribution >= 4 is 0 Å². The molecule has 0 radical (unpaired) electrons. The van der Waals surface area contributed by atoms with E-state index in [1.807, 2.05) is 0 Å². The molecule has 0 aromatic rings. The summed E-state index contributed by atoms with van der Waals surface area (Å²) in [4.78, 5) is 0. The van der Waals surface area contributed by atoms with Crippen LogP contribution in [-0.4, -0.2) is 319 Å². The van der Waals surface area contributed by atoms with E-state index in [-0.39, 0.29) is 67.9 Å². The molecule has 4 aliphatic heterocycles. The van der Waals surface area contributed by atoms with Gasteiger partial charge < -0.3 is 140 Å². The van der Waals surface area contributed by atoms with Gasteiger partial charge in [-0.15, -0.1) is 0 Å². The van der Waals surface area contributed by atoms with Gasteiger partial charge in [-0.1, -0.05) is 60.1 Å². The van der Waals surface area contributed by atoms with E-state index in [2.05, 4.69) is 47.6 Å². The standard InChI is InChI=1S/C67H118O28/c1-30(13-17-45(62(6,7)86)89-26-42-56(95-67(12)60(85)55(81)49(75)40(23-70)94-67)51(77)50(76)41(91-42)25-88-29-65(10)59(84)54(80)48(74)39(22-69)93-65)31(2)34-19-43(71)66(11)35(32(34)3)14-15-36-37(66)16-18-44(61(36,4)5)90-27-63(8)20-33(46(72)52(78)57(63)82)24-87-28-64(9)58(83)53(79)47(73)38(21-68)92-64/h15,30-35,37-60,68-86H,13-14,16-29H2,1-12H3/t30?,31-,32-,33?,34?,35?,37?,38?,39?,40?,41?,42+,43?,44?,45?,46+,47+,48-,49-,50-,51?,52+,53+,54?,55?,56-,57?,58?,59+,60+,63-,64-,65+,66-,67+/m0/s1. The highest BCUT2D eigenvalue weighted by Gasteiger charge is 2.62. The molecule has 0 amide bonds.